The first-order valence-corrected chi connectivity index (χ1v) is 9.38. The van der Waals surface area contributed by atoms with Gasteiger partial charge >= 0.3 is 0 Å². The summed E-state index contributed by atoms with van der Waals surface area (Å²) in [7, 11) is 0. The predicted octanol–water partition coefficient (Wildman–Crippen LogP) is 3.44. The molecule has 136 valence electrons. The average molecular weight is 351 g/mol. The van der Waals surface area contributed by atoms with Crippen molar-refractivity contribution in [1.29, 1.82) is 0 Å². The summed E-state index contributed by atoms with van der Waals surface area (Å²) < 4.78 is 1.81. The number of fused-ring (bicyclic) bond motifs is 1. The molecule has 0 spiro atoms. The smallest absolute Gasteiger partial charge is 0.272 e. The Morgan fingerprint density at radius 3 is 2.73 bits per heavy atom. The maximum Gasteiger partial charge on any atom is 0.272 e. The van der Waals surface area contributed by atoms with Crippen molar-refractivity contribution in [2.75, 3.05) is 13.1 Å². The second-order valence-corrected chi connectivity index (χ2v) is 7.40. The van der Waals surface area contributed by atoms with E-state index in [1.165, 1.54) is 0 Å². The molecule has 1 saturated heterocycles. The Bertz CT molecular complexity index is 869. The fourth-order valence-electron chi connectivity index (χ4n) is 3.77. The first kappa shape index (κ1) is 16.8. The number of nitrogens with zero attached hydrogens (tertiary/aromatic N) is 4. The van der Waals surface area contributed by atoms with Crippen molar-refractivity contribution in [3.05, 3.63) is 48.0 Å². The molecule has 0 saturated carbocycles. The lowest BCUT2D eigenvalue weighted by atomic mass is 9.93. The van der Waals surface area contributed by atoms with E-state index >= 15 is 0 Å². The summed E-state index contributed by atoms with van der Waals surface area (Å²) in [6, 6.07) is 10.1. The Morgan fingerprint density at radius 1 is 1.23 bits per heavy atom. The Labute approximate surface area is 153 Å². The second kappa shape index (κ2) is 6.94. The normalized spacial score (nSPS) is 15.9. The Kier molecular flexibility index (Phi) is 4.49. The van der Waals surface area contributed by atoms with E-state index < -0.39 is 0 Å². The monoisotopic (exact) mass is 351 g/mol. The third-order valence-corrected chi connectivity index (χ3v) is 5.20. The first-order valence-electron chi connectivity index (χ1n) is 9.38. The van der Waals surface area contributed by atoms with Crippen LogP contribution in [-0.2, 0) is 6.42 Å². The fraction of sp³-hybridized carbons (Fsp3) is 0.450. The zero-order valence-corrected chi connectivity index (χ0v) is 15.4. The summed E-state index contributed by atoms with van der Waals surface area (Å²) >= 11 is 0. The maximum atomic E-state index is 12.8. The van der Waals surface area contributed by atoms with Gasteiger partial charge in [-0.25, -0.2) is 4.98 Å². The summed E-state index contributed by atoms with van der Waals surface area (Å²) in [6.07, 6.45) is 4.68. The molecule has 0 radical (unpaired) electrons. The van der Waals surface area contributed by atoms with Gasteiger partial charge in [0.05, 0.1) is 11.0 Å². The maximum absolute atomic E-state index is 12.8. The van der Waals surface area contributed by atoms with E-state index in [1.54, 1.807) is 6.20 Å². The molecule has 1 amide bonds. The minimum Gasteiger partial charge on any atom is -0.342 e. The number of hydrogen-bond donors (Lipinski definition) is 1. The van der Waals surface area contributed by atoms with Crippen LogP contribution >= 0.6 is 0 Å². The van der Waals surface area contributed by atoms with Crippen molar-refractivity contribution < 1.29 is 4.79 Å². The van der Waals surface area contributed by atoms with Gasteiger partial charge in [0.15, 0.2) is 0 Å². The van der Waals surface area contributed by atoms with Gasteiger partial charge in [0.25, 0.3) is 5.91 Å². The highest BCUT2D eigenvalue weighted by Gasteiger charge is 2.26. The number of imidazole rings is 1. The van der Waals surface area contributed by atoms with Gasteiger partial charge in [-0.1, -0.05) is 12.1 Å². The number of carbonyl (C=O) groups excluding carboxylic acids is 1. The van der Waals surface area contributed by atoms with Crippen molar-refractivity contribution in [3.63, 3.8) is 0 Å². The van der Waals surface area contributed by atoms with Crippen molar-refractivity contribution >= 4 is 16.9 Å². The number of aromatic amines is 1. The predicted molar refractivity (Wildman–Crippen MR) is 101 cm³/mol. The van der Waals surface area contributed by atoms with E-state index in [4.69, 9.17) is 0 Å². The van der Waals surface area contributed by atoms with Crippen LogP contribution in [0.4, 0.5) is 0 Å². The largest absolute Gasteiger partial charge is 0.342 e. The van der Waals surface area contributed by atoms with Crippen LogP contribution in [0.1, 0.15) is 49.0 Å². The van der Waals surface area contributed by atoms with Gasteiger partial charge in [-0.05, 0) is 50.8 Å². The number of nitrogens with one attached hydrogen (secondary N) is 1. The molecule has 1 aliphatic heterocycles. The van der Waals surface area contributed by atoms with Crippen molar-refractivity contribution in [1.82, 2.24) is 24.6 Å². The lowest BCUT2D eigenvalue weighted by Crippen LogP contribution is -2.40. The minimum absolute atomic E-state index is 0.0957. The number of para-hydroxylation sites is 2. The van der Waals surface area contributed by atoms with Gasteiger partial charge < -0.3 is 9.88 Å². The van der Waals surface area contributed by atoms with Gasteiger partial charge in [-0.15, -0.1) is 0 Å². The number of piperidine rings is 1. The summed E-state index contributed by atoms with van der Waals surface area (Å²) in [5.74, 6) is 1.71. The summed E-state index contributed by atoms with van der Waals surface area (Å²) in [6.45, 7) is 5.69. The molecule has 0 atom stereocenters. The molecule has 3 aromatic rings. The highest BCUT2D eigenvalue weighted by molar-refractivity contribution is 5.92. The van der Waals surface area contributed by atoms with Gasteiger partial charge in [-0.2, -0.15) is 5.10 Å². The highest BCUT2D eigenvalue weighted by atomic mass is 16.2. The molecule has 6 heteroatoms. The van der Waals surface area contributed by atoms with E-state index in [-0.39, 0.29) is 11.9 Å². The first-order chi connectivity index (χ1) is 12.6. The van der Waals surface area contributed by atoms with Gasteiger partial charge in [-0.3, -0.25) is 9.48 Å². The van der Waals surface area contributed by atoms with Gasteiger partial charge in [0, 0.05) is 31.7 Å². The molecule has 6 nitrogen and oxygen atoms in total. The second-order valence-electron chi connectivity index (χ2n) is 7.40. The number of amides is 1. The molecule has 1 aromatic carbocycles. The highest BCUT2D eigenvalue weighted by Crippen LogP contribution is 2.23. The zero-order chi connectivity index (χ0) is 18.1. The van der Waals surface area contributed by atoms with E-state index in [1.807, 2.05) is 47.7 Å². The lowest BCUT2D eigenvalue weighted by Gasteiger charge is -2.32. The SMILES string of the molecule is CC(C)n1nccc1C(=O)N1CCC(Cc2nc3ccccc3[nH]2)CC1. The molecule has 1 N–H and O–H groups in total. The number of aromatic nitrogens is 4. The molecular formula is C20H25N5O. The van der Waals surface area contributed by atoms with Crippen molar-refractivity contribution in [3.8, 4) is 0 Å². The summed E-state index contributed by atoms with van der Waals surface area (Å²) in [4.78, 5) is 22.9. The standard InChI is InChI=1S/C20H25N5O/c1-14(2)25-18(7-10-21-25)20(26)24-11-8-15(9-12-24)13-19-22-16-5-3-4-6-17(16)23-19/h3-7,10,14-15H,8-9,11-13H2,1-2H3,(H,22,23). The third kappa shape index (κ3) is 3.23. The van der Waals surface area contributed by atoms with Crippen LogP contribution in [-0.4, -0.2) is 43.6 Å². The number of likely N-dealkylation sites (tertiary alicyclic amines) is 1. The molecule has 2 aromatic heterocycles. The number of rotatable bonds is 4. The fourth-order valence-corrected chi connectivity index (χ4v) is 3.77. The molecule has 26 heavy (non-hydrogen) atoms. The van der Waals surface area contributed by atoms with Crippen LogP contribution in [0.15, 0.2) is 36.5 Å². The van der Waals surface area contributed by atoms with Crippen LogP contribution in [0.25, 0.3) is 11.0 Å². The van der Waals surface area contributed by atoms with Crippen LogP contribution in [0, 0.1) is 5.92 Å². The zero-order valence-electron chi connectivity index (χ0n) is 15.4. The van der Waals surface area contributed by atoms with Crippen LogP contribution in [0.3, 0.4) is 0 Å². The molecule has 4 rings (SSSR count). The Balaban J connectivity index is 1.37. The van der Waals surface area contributed by atoms with Crippen LogP contribution in [0.2, 0.25) is 0 Å². The van der Waals surface area contributed by atoms with Crippen LogP contribution in [0.5, 0.6) is 0 Å². The molecule has 0 bridgehead atoms. The van der Waals surface area contributed by atoms with Gasteiger partial charge in [0.2, 0.25) is 0 Å². The number of carbonyl (C=O) groups is 1. The van der Waals surface area contributed by atoms with E-state index in [0.29, 0.717) is 11.6 Å². The number of H-pyrrole nitrogens is 1. The molecule has 3 heterocycles. The molecule has 1 aliphatic rings. The summed E-state index contributed by atoms with van der Waals surface area (Å²) in [5.41, 5.74) is 2.81. The Hall–Kier alpha value is -2.63. The molecular weight excluding hydrogens is 326 g/mol. The number of benzene rings is 1. The molecule has 1 fully saturated rings. The quantitative estimate of drug-likeness (QED) is 0.783. The van der Waals surface area contributed by atoms with Crippen molar-refractivity contribution in [2.24, 2.45) is 5.92 Å². The molecule has 0 unspecified atom stereocenters. The summed E-state index contributed by atoms with van der Waals surface area (Å²) in [5, 5.41) is 4.28. The minimum atomic E-state index is 0.0957. The topological polar surface area (TPSA) is 66.8 Å². The number of hydrogen-bond acceptors (Lipinski definition) is 3. The van der Waals surface area contributed by atoms with E-state index in [2.05, 4.69) is 21.1 Å². The van der Waals surface area contributed by atoms with E-state index in [9.17, 15) is 4.79 Å². The molecule has 0 aliphatic carbocycles. The lowest BCUT2D eigenvalue weighted by molar-refractivity contribution is 0.0675. The van der Waals surface area contributed by atoms with Gasteiger partial charge in [0.1, 0.15) is 11.5 Å². The Morgan fingerprint density at radius 2 is 2.00 bits per heavy atom. The van der Waals surface area contributed by atoms with Crippen LogP contribution < -0.4 is 0 Å². The average Bonchev–Trinajstić information content (AvgIpc) is 3.28. The van der Waals surface area contributed by atoms with E-state index in [0.717, 1.165) is 49.2 Å². The third-order valence-electron chi connectivity index (χ3n) is 5.20. The van der Waals surface area contributed by atoms with Crippen molar-refractivity contribution in [2.45, 2.75) is 39.2 Å².